The molecule has 0 aromatic carbocycles. The van der Waals surface area contributed by atoms with Crippen molar-refractivity contribution in [1.29, 1.82) is 0 Å². The predicted octanol–water partition coefficient (Wildman–Crippen LogP) is 3.50. The Morgan fingerprint density at radius 3 is 2.44 bits per heavy atom. The van der Waals surface area contributed by atoms with Crippen LogP contribution < -0.4 is 0 Å². The molecule has 4 atom stereocenters. The van der Waals surface area contributed by atoms with Gasteiger partial charge in [0.15, 0.2) is 5.79 Å². The number of hydrogen-bond donors (Lipinski definition) is 0. The van der Waals surface area contributed by atoms with Gasteiger partial charge in [0.25, 0.3) is 0 Å². The molecule has 2 aliphatic carbocycles. The van der Waals surface area contributed by atoms with Gasteiger partial charge in [0.2, 0.25) is 0 Å². The summed E-state index contributed by atoms with van der Waals surface area (Å²) in [4.78, 5) is 0. The Bertz CT molecular complexity index is 257. The highest BCUT2D eigenvalue weighted by Crippen LogP contribution is 2.50. The Hall–Kier alpha value is -0.0800. The minimum Gasteiger partial charge on any atom is -0.344 e. The fourth-order valence-corrected chi connectivity index (χ4v) is 3.93. The molecule has 1 aliphatic heterocycles. The summed E-state index contributed by atoms with van der Waals surface area (Å²) in [5.41, 5.74) is 0. The van der Waals surface area contributed by atoms with Gasteiger partial charge in [-0.2, -0.15) is 0 Å². The van der Waals surface area contributed by atoms with Crippen LogP contribution in [0, 0.1) is 11.8 Å². The molecule has 4 unspecified atom stereocenters. The lowest BCUT2D eigenvalue weighted by atomic mass is 9.94. The Labute approximate surface area is 98.7 Å². The van der Waals surface area contributed by atoms with E-state index in [0.29, 0.717) is 18.1 Å². The van der Waals surface area contributed by atoms with Gasteiger partial charge in [-0.05, 0) is 31.1 Å². The molecule has 0 N–H and O–H groups in total. The van der Waals surface area contributed by atoms with E-state index in [1.54, 1.807) is 0 Å². The van der Waals surface area contributed by atoms with E-state index in [0.717, 1.165) is 18.8 Å². The molecule has 3 rings (SSSR count). The normalized spacial score (nSPS) is 46.1. The summed E-state index contributed by atoms with van der Waals surface area (Å²) in [5.74, 6) is 1.26. The molecule has 2 saturated carbocycles. The highest BCUT2D eigenvalue weighted by molar-refractivity contribution is 4.98. The summed E-state index contributed by atoms with van der Waals surface area (Å²) >= 11 is 0. The average Bonchev–Trinajstić information content (AvgIpc) is 2.78. The van der Waals surface area contributed by atoms with E-state index >= 15 is 0 Å². The minimum atomic E-state index is -0.171. The first kappa shape index (κ1) is 11.0. The lowest BCUT2D eigenvalue weighted by Gasteiger charge is -2.33. The maximum Gasteiger partial charge on any atom is 0.169 e. The van der Waals surface area contributed by atoms with E-state index in [2.05, 4.69) is 13.8 Å². The summed E-state index contributed by atoms with van der Waals surface area (Å²) in [5, 5.41) is 0. The van der Waals surface area contributed by atoms with E-state index in [-0.39, 0.29) is 5.79 Å². The second kappa shape index (κ2) is 3.99. The van der Waals surface area contributed by atoms with Crippen LogP contribution in [0.5, 0.6) is 0 Å². The Morgan fingerprint density at radius 2 is 1.75 bits per heavy atom. The van der Waals surface area contributed by atoms with Gasteiger partial charge >= 0.3 is 0 Å². The largest absolute Gasteiger partial charge is 0.344 e. The van der Waals surface area contributed by atoms with Gasteiger partial charge in [-0.1, -0.05) is 26.7 Å². The van der Waals surface area contributed by atoms with Crippen molar-refractivity contribution in [3.63, 3.8) is 0 Å². The van der Waals surface area contributed by atoms with Crippen molar-refractivity contribution in [3.05, 3.63) is 0 Å². The van der Waals surface area contributed by atoms with Crippen molar-refractivity contribution in [2.75, 3.05) is 0 Å². The topological polar surface area (TPSA) is 18.5 Å². The minimum absolute atomic E-state index is 0.171. The summed E-state index contributed by atoms with van der Waals surface area (Å²) in [6, 6.07) is 0. The monoisotopic (exact) mass is 224 g/mol. The molecule has 2 nitrogen and oxygen atoms in total. The van der Waals surface area contributed by atoms with Crippen LogP contribution in [-0.4, -0.2) is 18.0 Å². The van der Waals surface area contributed by atoms with E-state index < -0.39 is 0 Å². The molecule has 3 fully saturated rings. The van der Waals surface area contributed by atoms with Gasteiger partial charge in [0.05, 0.1) is 12.2 Å². The smallest absolute Gasteiger partial charge is 0.169 e. The van der Waals surface area contributed by atoms with Crippen molar-refractivity contribution in [3.8, 4) is 0 Å². The van der Waals surface area contributed by atoms with Gasteiger partial charge in [-0.25, -0.2) is 0 Å². The van der Waals surface area contributed by atoms with Gasteiger partial charge < -0.3 is 9.47 Å². The second-order valence-electron chi connectivity index (χ2n) is 6.02. The first-order valence-corrected chi connectivity index (χ1v) is 7.10. The molecule has 16 heavy (non-hydrogen) atoms. The first-order valence-electron chi connectivity index (χ1n) is 7.10. The molecule has 0 aromatic heterocycles. The third-order valence-electron chi connectivity index (χ3n) is 4.87. The van der Waals surface area contributed by atoms with Crippen LogP contribution in [0.1, 0.15) is 58.8 Å². The van der Waals surface area contributed by atoms with Crippen LogP contribution >= 0.6 is 0 Å². The fraction of sp³-hybridized carbons (Fsp3) is 1.00. The molecule has 0 radical (unpaired) electrons. The third-order valence-corrected chi connectivity index (χ3v) is 4.87. The van der Waals surface area contributed by atoms with Crippen molar-refractivity contribution in [2.24, 2.45) is 11.8 Å². The van der Waals surface area contributed by atoms with Crippen molar-refractivity contribution in [1.82, 2.24) is 0 Å². The van der Waals surface area contributed by atoms with E-state index in [1.165, 1.54) is 32.1 Å². The first-order chi connectivity index (χ1) is 7.74. The zero-order chi connectivity index (χ0) is 11.2. The zero-order valence-electron chi connectivity index (χ0n) is 10.6. The SMILES string of the molecule is CCC1CC(C)C2OC3(CCCCC3)OC12. The van der Waals surface area contributed by atoms with E-state index in [1.807, 2.05) is 0 Å². The van der Waals surface area contributed by atoms with Gasteiger partial charge in [0, 0.05) is 12.8 Å². The van der Waals surface area contributed by atoms with Crippen LogP contribution in [-0.2, 0) is 9.47 Å². The molecule has 0 bridgehead atoms. The highest BCUT2D eigenvalue weighted by atomic mass is 16.8. The number of hydrogen-bond acceptors (Lipinski definition) is 2. The van der Waals surface area contributed by atoms with Crippen molar-refractivity contribution in [2.45, 2.75) is 76.8 Å². The molecule has 3 aliphatic rings. The summed E-state index contributed by atoms with van der Waals surface area (Å²) in [6.07, 6.45) is 9.51. The molecule has 0 amide bonds. The van der Waals surface area contributed by atoms with Crippen LogP contribution in [0.3, 0.4) is 0 Å². The number of fused-ring (bicyclic) bond motifs is 1. The van der Waals surface area contributed by atoms with E-state index in [4.69, 9.17) is 9.47 Å². The molecule has 1 saturated heterocycles. The second-order valence-corrected chi connectivity index (χ2v) is 6.02. The van der Waals surface area contributed by atoms with Gasteiger partial charge in [0.1, 0.15) is 0 Å². The third kappa shape index (κ3) is 1.62. The standard InChI is InChI=1S/C14H24O2/c1-3-11-9-10(2)12-13(11)16-14(15-12)7-5-4-6-8-14/h10-13H,3-9H2,1-2H3. The predicted molar refractivity (Wildman–Crippen MR) is 63.1 cm³/mol. The molecule has 92 valence electrons. The maximum atomic E-state index is 6.37. The molecule has 1 spiro atoms. The molecule has 0 aromatic rings. The molecule has 2 heteroatoms. The highest BCUT2D eigenvalue weighted by Gasteiger charge is 2.55. The van der Waals surface area contributed by atoms with Crippen molar-refractivity contribution >= 4 is 0 Å². The van der Waals surface area contributed by atoms with Gasteiger partial charge in [-0.3, -0.25) is 0 Å². The van der Waals surface area contributed by atoms with Crippen LogP contribution in [0.2, 0.25) is 0 Å². The Balaban J connectivity index is 1.76. The van der Waals surface area contributed by atoms with Crippen molar-refractivity contribution < 1.29 is 9.47 Å². The van der Waals surface area contributed by atoms with Gasteiger partial charge in [-0.15, -0.1) is 0 Å². The Morgan fingerprint density at radius 1 is 1.06 bits per heavy atom. The lowest BCUT2D eigenvalue weighted by Crippen LogP contribution is -2.35. The van der Waals surface area contributed by atoms with Crippen LogP contribution in [0.4, 0.5) is 0 Å². The molecular weight excluding hydrogens is 200 g/mol. The number of rotatable bonds is 1. The fourth-order valence-electron chi connectivity index (χ4n) is 3.93. The lowest BCUT2D eigenvalue weighted by molar-refractivity contribution is -0.205. The average molecular weight is 224 g/mol. The van der Waals surface area contributed by atoms with Crippen LogP contribution in [0.25, 0.3) is 0 Å². The molecule has 1 heterocycles. The summed E-state index contributed by atoms with van der Waals surface area (Å²) < 4.78 is 12.7. The molecular formula is C14H24O2. The zero-order valence-corrected chi connectivity index (χ0v) is 10.6. The quantitative estimate of drug-likeness (QED) is 0.678. The number of ether oxygens (including phenoxy) is 2. The van der Waals surface area contributed by atoms with E-state index in [9.17, 15) is 0 Å². The summed E-state index contributed by atoms with van der Waals surface area (Å²) in [7, 11) is 0. The van der Waals surface area contributed by atoms with Crippen LogP contribution in [0.15, 0.2) is 0 Å². The maximum absolute atomic E-state index is 6.37. The Kier molecular flexibility index (Phi) is 2.75. The summed E-state index contributed by atoms with van der Waals surface area (Å²) in [6.45, 7) is 4.62.